The topological polar surface area (TPSA) is 40.8 Å². The standard InChI is InChI=1S/C7H12O2Si.C6H6O2S/c1-10(2,3)9-7-5-4-6-8-7;1-2-8-6-4-9-3-5(6)7-1/h4-6H,1-3H3;3-4H,1-2H2. The summed E-state index contributed by atoms with van der Waals surface area (Å²) in [7, 11) is -1.46. The molecule has 1 aliphatic heterocycles. The zero-order chi connectivity index (χ0) is 13.7. The summed E-state index contributed by atoms with van der Waals surface area (Å²) in [4.78, 5) is 0. The van der Waals surface area contributed by atoms with Crippen molar-refractivity contribution in [3.63, 3.8) is 0 Å². The highest BCUT2D eigenvalue weighted by Gasteiger charge is 2.17. The van der Waals surface area contributed by atoms with Crippen LogP contribution in [0.2, 0.25) is 19.6 Å². The van der Waals surface area contributed by atoms with Crippen LogP contribution in [0, 0.1) is 0 Å². The fourth-order valence-corrected chi connectivity index (χ4v) is 2.81. The van der Waals surface area contributed by atoms with Crippen molar-refractivity contribution in [2.45, 2.75) is 19.6 Å². The van der Waals surface area contributed by atoms with E-state index in [0.29, 0.717) is 19.2 Å². The molecule has 2 aromatic heterocycles. The highest BCUT2D eigenvalue weighted by molar-refractivity contribution is 7.08. The molecule has 2 aromatic rings. The molecule has 0 saturated heterocycles. The lowest BCUT2D eigenvalue weighted by atomic mass is 10.5. The lowest BCUT2D eigenvalue weighted by Crippen LogP contribution is -2.28. The molecule has 0 atom stereocenters. The second-order valence-electron chi connectivity index (χ2n) is 4.94. The fourth-order valence-electron chi connectivity index (χ4n) is 1.41. The first kappa shape index (κ1) is 14.0. The second kappa shape index (κ2) is 6.16. The molecule has 0 spiro atoms. The number of hydrogen-bond donors (Lipinski definition) is 0. The lowest BCUT2D eigenvalue weighted by Gasteiger charge is -2.15. The summed E-state index contributed by atoms with van der Waals surface area (Å²) in [6.07, 6.45) is 1.62. The van der Waals surface area contributed by atoms with Gasteiger partial charge in [0.2, 0.25) is 8.32 Å². The van der Waals surface area contributed by atoms with Gasteiger partial charge in [0.15, 0.2) is 11.5 Å². The monoisotopic (exact) mass is 298 g/mol. The Morgan fingerprint density at radius 3 is 2.21 bits per heavy atom. The van der Waals surface area contributed by atoms with Gasteiger partial charge in [-0.2, -0.15) is 0 Å². The molecular formula is C13H18O4SSi. The summed E-state index contributed by atoms with van der Waals surface area (Å²) < 4.78 is 21.0. The number of hydrogen-bond acceptors (Lipinski definition) is 5. The summed E-state index contributed by atoms with van der Waals surface area (Å²) >= 11 is 1.61. The molecule has 0 bridgehead atoms. The fraction of sp³-hybridized carbons (Fsp3) is 0.385. The molecule has 3 rings (SSSR count). The van der Waals surface area contributed by atoms with Crippen LogP contribution in [0.25, 0.3) is 0 Å². The van der Waals surface area contributed by atoms with Crippen LogP contribution < -0.4 is 13.9 Å². The molecule has 4 nitrogen and oxygen atoms in total. The minimum Gasteiger partial charge on any atom is -0.519 e. The maximum Gasteiger partial charge on any atom is 0.270 e. The Morgan fingerprint density at radius 2 is 1.74 bits per heavy atom. The van der Waals surface area contributed by atoms with E-state index in [4.69, 9.17) is 18.3 Å². The van der Waals surface area contributed by atoms with Crippen molar-refractivity contribution in [2.24, 2.45) is 0 Å². The second-order valence-corrected chi connectivity index (χ2v) is 10.1. The highest BCUT2D eigenvalue weighted by Crippen LogP contribution is 2.33. The van der Waals surface area contributed by atoms with Gasteiger partial charge in [-0.05, 0) is 25.7 Å². The smallest absolute Gasteiger partial charge is 0.270 e. The van der Waals surface area contributed by atoms with E-state index >= 15 is 0 Å². The van der Waals surface area contributed by atoms with Crippen LogP contribution in [0.3, 0.4) is 0 Å². The first-order valence-electron chi connectivity index (χ1n) is 6.09. The summed E-state index contributed by atoms with van der Waals surface area (Å²) in [6.45, 7) is 7.73. The molecule has 0 radical (unpaired) electrons. The zero-order valence-electron chi connectivity index (χ0n) is 11.3. The van der Waals surface area contributed by atoms with E-state index in [1.165, 1.54) is 0 Å². The van der Waals surface area contributed by atoms with Crippen LogP contribution in [-0.4, -0.2) is 21.5 Å². The van der Waals surface area contributed by atoms with E-state index in [9.17, 15) is 0 Å². The Labute approximate surface area is 118 Å². The third-order valence-corrected chi connectivity index (χ3v) is 3.61. The van der Waals surface area contributed by atoms with E-state index in [1.54, 1.807) is 17.6 Å². The quantitative estimate of drug-likeness (QED) is 0.785. The minimum absolute atomic E-state index is 0.638. The van der Waals surface area contributed by atoms with Gasteiger partial charge in [0.1, 0.15) is 13.2 Å². The van der Waals surface area contributed by atoms with Crippen LogP contribution >= 0.6 is 11.3 Å². The van der Waals surface area contributed by atoms with E-state index < -0.39 is 8.32 Å². The third kappa shape index (κ3) is 4.64. The minimum atomic E-state index is -1.46. The van der Waals surface area contributed by atoms with Crippen molar-refractivity contribution < 1.29 is 18.3 Å². The normalized spacial score (nSPS) is 13.4. The number of ether oxygens (including phenoxy) is 2. The summed E-state index contributed by atoms with van der Waals surface area (Å²) in [6, 6.07) is 3.66. The molecule has 0 aliphatic carbocycles. The molecule has 3 heterocycles. The average Bonchev–Trinajstić information content (AvgIpc) is 2.97. The van der Waals surface area contributed by atoms with Crippen molar-refractivity contribution in [2.75, 3.05) is 13.2 Å². The SMILES string of the molecule is C[Si](C)(C)Oc1ccco1.c1scc2c1OCCO2. The van der Waals surface area contributed by atoms with Crippen LogP contribution in [0.4, 0.5) is 0 Å². The Balaban J connectivity index is 0.000000141. The highest BCUT2D eigenvalue weighted by atomic mass is 32.1. The van der Waals surface area contributed by atoms with Crippen molar-refractivity contribution in [1.29, 1.82) is 0 Å². The molecule has 0 saturated carbocycles. The Morgan fingerprint density at radius 1 is 1.11 bits per heavy atom. The molecule has 19 heavy (non-hydrogen) atoms. The van der Waals surface area contributed by atoms with Gasteiger partial charge < -0.3 is 18.3 Å². The Bertz CT molecular complexity index is 466. The lowest BCUT2D eigenvalue weighted by molar-refractivity contribution is 0.173. The number of fused-ring (bicyclic) bond motifs is 1. The van der Waals surface area contributed by atoms with Gasteiger partial charge in [0.25, 0.3) is 5.95 Å². The van der Waals surface area contributed by atoms with Crippen LogP contribution in [-0.2, 0) is 0 Å². The van der Waals surface area contributed by atoms with E-state index in [2.05, 4.69) is 19.6 Å². The van der Waals surface area contributed by atoms with Crippen molar-refractivity contribution in [3.8, 4) is 17.4 Å². The van der Waals surface area contributed by atoms with Gasteiger partial charge in [-0.1, -0.05) is 0 Å². The Kier molecular flexibility index (Phi) is 4.55. The molecule has 104 valence electrons. The predicted molar refractivity (Wildman–Crippen MR) is 78.0 cm³/mol. The van der Waals surface area contributed by atoms with E-state index in [-0.39, 0.29) is 0 Å². The first-order valence-corrected chi connectivity index (χ1v) is 10.4. The summed E-state index contributed by atoms with van der Waals surface area (Å²) in [5.74, 6) is 2.43. The van der Waals surface area contributed by atoms with Gasteiger partial charge in [0.05, 0.1) is 6.26 Å². The first-order chi connectivity index (χ1) is 9.04. The van der Waals surface area contributed by atoms with E-state index in [1.807, 2.05) is 22.9 Å². The van der Waals surface area contributed by atoms with Gasteiger partial charge >= 0.3 is 0 Å². The largest absolute Gasteiger partial charge is 0.519 e. The van der Waals surface area contributed by atoms with Crippen LogP contribution in [0.15, 0.2) is 33.6 Å². The molecule has 0 unspecified atom stereocenters. The molecule has 0 amide bonds. The number of furan rings is 1. The van der Waals surface area contributed by atoms with Gasteiger partial charge in [-0.25, -0.2) is 0 Å². The number of thiophene rings is 1. The molecular weight excluding hydrogens is 280 g/mol. The van der Waals surface area contributed by atoms with Crippen molar-refractivity contribution in [1.82, 2.24) is 0 Å². The molecule has 0 N–H and O–H groups in total. The molecule has 1 aliphatic rings. The zero-order valence-corrected chi connectivity index (χ0v) is 13.2. The van der Waals surface area contributed by atoms with Crippen molar-refractivity contribution in [3.05, 3.63) is 29.2 Å². The van der Waals surface area contributed by atoms with E-state index in [0.717, 1.165) is 11.5 Å². The summed E-state index contributed by atoms with van der Waals surface area (Å²) in [5, 5.41) is 3.91. The van der Waals surface area contributed by atoms with Crippen LogP contribution in [0.5, 0.6) is 17.4 Å². The third-order valence-electron chi connectivity index (χ3n) is 2.09. The predicted octanol–water partition coefficient (Wildman–Crippen LogP) is 4.01. The molecule has 0 aromatic carbocycles. The molecule has 6 heteroatoms. The van der Waals surface area contributed by atoms with Gasteiger partial charge in [-0.15, -0.1) is 11.3 Å². The van der Waals surface area contributed by atoms with Crippen molar-refractivity contribution >= 4 is 19.7 Å². The number of rotatable bonds is 2. The van der Waals surface area contributed by atoms with Crippen LogP contribution in [0.1, 0.15) is 0 Å². The molecule has 0 fully saturated rings. The summed E-state index contributed by atoms with van der Waals surface area (Å²) in [5.41, 5.74) is 0. The van der Waals surface area contributed by atoms with Gasteiger partial charge in [-0.3, -0.25) is 0 Å². The maximum absolute atomic E-state index is 5.51. The maximum atomic E-state index is 5.51. The Hall–Kier alpha value is -1.40. The average molecular weight is 298 g/mol. The van der Waals surface area contributed by atoms with Gasteiger partial charge in [0, 0.05) is 16.8 Å².